The van der Waals surface area contributed by atoms with E-state index in [0.29, 0.717) is 6.71 Å². The van der Waals surface area contributed by atoms with Gasteiger partial charge >= 0.3 is 67.3 Å². The van der Waals surface area contributed by atoms with Crippen LogP contribution >= 0.6 is 48.0 Å². The molecule has 0 amide bonds. The van der Waals surface area contributed by atoms with Gasteiger partial charge in [0.15, 0.2) is 6.71 Å². The predicted octanol–water partition coefficient (Wildman–Crippen LogP) is 27.6. The number of benzene rings is 7. The SMILES string of the molecule is C.C.C.C.C.CB(C)c1ccccc1.CC.CC.CC.CC.CC.CC.CC.CC.CC.CC.CC.CN.CSC=S.CSC=S.C[N+]#N.Cc1ccccc1.Cc1ccccc1.Cc1ccccc1.Cc1ccccc1.Cc1ccccc1.Cc1ccccc1.F.F.O=N[O-].[2HH].[B].[B].[Ca+2].[H-].[H-].[Na+]. The predicted molar refractivity (Wildman–Crippen MR) is 500 cm³/mol. The third-order valence-corrected chi connectivity index (χ3v) is 8.84. The molecular formula is C83H167B3CaF2N4NaO2S4+. The number of hydrogen-bond donors (Lipinski definition) is 1. The molecule has 0 unspecified atom stereocenters. The van der Waals surface area contributed by atoms with E-state index in [2.05, 4.69) is 187 Å². The van der Waals surface area contributed by atoms with E-state index in [9.17, 15) is 0 Å². The fourth-order valence-corrected chi connectivity index (χ4v) is 4.04. The quantitative estimate of drug-likeness (QED) is 0.0613. The van der Waals surface area contributed by atoms with Gasteiger partial charge in [-0.1, -0.05) is 479 Å². The van der Waals surface area contributed by atoms with Crippen molar-refractivity contribution in [2.45, 2.75) is 245 Å². The molecule has 0 aliphatic heterocycles. The molecule has 0 aromatic heterocycles. The number of halogens is 2. The Morgan fingerprint density at radius 1 is 0.390 bits per heavy atom. The Balaban J connectivity index is -0.0000000196. The number of nitrogens with two attached hydrogens (primary N) is 1. The first-order valence-electron chi connectivity index (χ1n) is 32.2. The van der Waals surface area contributed by atoms with E-state index in [1.807, 2.05) is 280 Å². The number of rotatable bonds is 3. The van der Waals surface area contributed by atoms with Crippen LogP contribution < -0.4 is 40.8 Å². The van der Waals surface area contributed by atoms with Crippen molar-refractivity contribution in [1.82, 2.24) is 0 Å². The summed E-state index contributed by atoms with van der Waals surface area (Å²) in [6.45, 7) is 61.6. The van der Waals surface area contributed by atoms with Gasteiger partial charge in [0.1, 0.15) is 4.98 Å². The fourth-order valence-electron chi connectivity index (χ4n) is 4.04. The van der Waals surface area contributed by atoms with E-state index in [1.165, 1.54) is 52.9 Å². The van der Waals surface area contributed by atoms with Gasteiger partial charge in [-0.3, -0.25) is 9.41 Å². The minimum Gasteiger partial charge on any atom is -1.00 e. The summed E-state index contributed by atoms with van der Waals surface area (Å²) in [6.07, 6.45) is 3.88. The molecule has 0 saturated carbocycles. The molecule has 7 aromatic carbocycles. The van der Waals surface area contributed by atoms with Crippen molar-refractivity contribution in [3.05, 3.63) is 261 Å². The molecule has 0 heterocycles. The third kappa shape index (κ3) is 241. The summed E-state index contributed by atoms with van der Waals surface area (Å²) in [4.78, 5) is 10.5. The zero-order valence-electron chi connectivity index (χ0n) is 69.5. The molecule has 6 radical (unpaired) electrons. The molecule has 7 rings (SSSR count). The Bertz CT molecular complexity index is 1800. The molecule has 0 fully saturated rings. The molecular weight excluding hydrogens is 1350 g/mol. The van der Waals surface area contributed by atoms with Crippen LogP contribution in [0.2, 0.25) is 13.6 Å². The number of thiocarbonyl (C=S) groups is 2. The molecule has 0 bridgehead atoms. The standard InChI is InChI=1S/C8H11B.6C7H8.2C2H4S2.11C2H6.CH3N2.CH5N.5CH4.2B.Ca.2FH.HNO2.Na.H2.2H/c1-9(2)8-6-4-3-5-7-8;6*1-7-5-3-2-4-6-7;2*1-4-2-3;11*1-2;1-3-2;1-2;;;;;;;;;;;2-1-3;;;;/h3-7H,1-2H3;6*2-6H,1H3;2*2H,1H3;11*1-2H3;1H3;2H2,1H3;5*1H4;;;;2*1H;(H,2,3);;1H;;/q;;;;;;;;;;;;;;;;;;;;+1;;;;;;;;;+2;;;;+1;;2*-1/p-1/i;;;;;;;;;;;;;;;;;;;;;;;;;;;;;;;;;;1+1;;. The van der Waals surface area contributed by atoms with E-state index in [4.69, 9.17) is 15.5 Å². The summed E-state index contributed by atoms with van der Waals surface area (Å²) in [6, 6.07) is 72.1. The molecule has 0 atom stereocenters. The average molecular weight is 1520 g/mol. The van der Waals surface area contributed by atoms with Gasteiger partial charge in [-0.25, -0.2) is 0 Å². The van der Waals surface area contributed by atoms with Crippen LogP contribution in [0.15, 0.2) is 218 Å². The molecule has 0 spiro atoms. The minimum atomic E-state index is 0. The summed E-state index contributed by atoms with van der Waals surface area (Å²) >= 11 is 11.9. The molecule has 6 nitrogen and oxygen atoms in total. The van der Waals surface area contributed by atoms with Gasteiger partial charge in [0, 0.05) is 27.7 Å². The van der Waals surface area contributed by atoms with Crippen molar-refractivity contribution >= 4 is 124 Å². The molecule has 2 N–H and O–H groups in total. The van der Waals surface area contributed by atoms with Crippen LogP contribution in [0, 0.1) is 57.0 Å². The van der Waals surface area contributed by atoms with Gasteiger partial charge in [-0.05, 0) is 61.1 Å². The molecule has 0 aliphatic rings. The summed E-state index contributed by atoms with van der Waals surface area (Å²) in [7, 11) is 2.81. The van der Waals surface area contributed by atoms with Crippen LogP contribution in [0.3, 0.4) is 0 Å². The zero-order valence-corrected chi connectivity index (χ0v) is 75.0. The first-order chi connectivity index (χ1) is 43.3. The van der Waals surface area contributed by atoms with Crippen molar-refractivity contribution in [1.29, 1.82) is 5.39 Å². The van der Waals surface area contributed by atoms with Gasteiger partial charge in [0.2, 0.25) is 5.39 Å². The van der Waals surface area contributed by atoms with Crippen LogP contribution in [0.5, 0.6) is 0 Å². The molecule has 17 heteroatoms. The maximum Gasteiger partial charge on any atom is 2.00 e. The number of aryl methyl sites for hydroxylation is 6. The smallest absolute Gasteiger partial charge is 1.00 e. The van der Waals surface area contributed by atoms with E-state index in [-0.39, 0.29) is 135 Å². The van der Waals surface area contributed by atoms with E-state index < -0.39 is 0 Å². The number of hydrogen-bond acceptors (Lipinski definition) is 9. The molecule has 7 aromatic rings. The van der Waals surface area contributed by atoms with Gasteiger partial charge in [-0.15, -0.1) is 28.9 Å². The maximum atomic E-state index is 8.00. The largest absolute Gasteiger partial charge is 2.00 e. The second-order valence-corrected chi connectivity index (χ2v) is 15.9. The first-order valence-corrected chi connectivity index (χ1v) is 35.7. The monoisotopic (exact) mass is 1520 g/mol. The van der Waals surface area contributed by atoms with Crippen LogP contribution in [-0.4, -0.2) is 97.3 Å². The van der Waals surface area contributed by atoms with Crippen molar-refractivity contribution in [3.63, 3.8) is 0 Å². The fraction of sp³-hybridized carbons (Fsp3) is 0.470. The molecule has 0 aliphatic carbocycles. The summed E-state index contributed by atoms with van der Waals surface area (Å²) in [5.74, 6) is 0. The summed E-state index contributed by atoms with van der Waals surface area (Å²) < 4.78 is 3.25. The Morgan fingerprint density at radius 2 is 0.470 bits per heavy atom. The summed E-state index contributed by atoms with van der Waals surface area (Å²) in [5.41, 5.74) is 13.8. The van der Waals surface area contributed by atoms with Crippen molar-refractivity contribution in [3.8, 4) is 0 Å². The van der Waals surface area contributed by atoms with Gasteiger partial charge in [0.25, 0.3) is 7.05 Å². The van der Waals surface area contributed by atoms with Crippen LogP contribution in [0.1, 0.15) is 227 Å². The Hall–Kier alpha value is -3.49. The zero-order chi connectivity index (χ0) is 73.6. The normalized spacial score (nSPS) is 5.90. The third-order valence-electron chi connectivity index (χ3n) is 7.30. The molecule has 0 saturated heterocycles. The molecule has 580 valence electrons. The number of nitrogens with zero attached hydrogens (tertiary/aromatic N) is 3. The number of thioether (sulfide) groups is 2. The average Bonchev–Trinajstić information content (AvgIpc) is 2.91. The Morgan fingerprint density at radius 3 is 0.510 bits per heavy atom. The molecule has 100 heavy (non-hydrogen) atoms. The van der Waals surface area contributed by atoms with Crippen LogP contribution in [-0.2, 0) is 0 Å². The van der Waals surface area contributed by atoms with Crippen LogP contribution in [0.25, 0.3) is 4.98 Å². The second-order valence-electron chi connectivity index (χ2n) is 13.4. The van der Waals surface area contributed by atoms with E-state index in [0.717, 1.165) is 5.34 Å². The topological polar surface area (TPSA) is 107 Å². The minimum absolute atomic E-state index is 0. The first kappa shape index (κ1) is 182. The number of diazo groups is 1. The second kappa shape index (κ2) is 225. The van der Waals surface area contributed by atoms with Crippen molar-refractivity contribution in [2.75, 3.05) is 26.6 Å². The van der Waals surface area contributed by atoms with Crippen LogP contribution in [0.4, 0.5) is 9.41 Å². The van der Waals surface area contributed by atoms with Crippen molar-refractivity contribution < 1.29 is 43.2 Å². The summed E-state index contributed by atoms with van der Waals surface area (Å²) in [5, 5.41) is 16.2. The van der Waals surface area contributed by atoms with Gasteiger partial charge < -0.3 is 18.7 Å². The maximum absolute atomic E-state index is 8.00. The van der Waals surface area contributed by atoms with Crippen molar-refractivity contribution in [2.24, 2.45) is 11.1 Å². The van der Waals surface area contributed by atoms with E-state index in [1.54, 1.807) is 32.9 Å². The van der Waals surface area contributed by atoms with Gasteiger partial charge in [0.05, 0.1) is 0 Å². The van der Waals surface area contributed by atoms with E-state index >= 15 is 0 Å². The Labute approximate surface area is 709 Å². The Kier molecular flexibility index (Phi) is 411. The van der Waals surface area contributed by atoms with Gasteiger partial charge in [-0.2, -0.15) is 0 Å².